The highest BCUT2D eigenvalue weighted by molar-refractivity contribution is 7.92. The lowest BCUT2D eigenvalue weighted by Gasteiger charge is -2.23. The summed E-state index contributed by atoms with van der Waals surface area (Å²) in [5.41, 5.74) is 0.415. The first-order valence-electron chi connectivity index (χ1n) is 6.34. The highest BCUT2D eigenvalue weighted by Gasteiger charge is 2.34. The van der Waals surface area contributed by atoms with Crippen molar-refractivity contribution in [1.82, 2.24) is 10.6 Å². The highest BCUT2D eigenvalue weighted by atomic mass is 32.2. The van der Waals surface area contributed by atoms with Crippen LogP contribution in [0.15, 0.2) is 30.3 Å². The summed E-state index contributed by atoms with van der Waals surface area (Å²) in [7, 11) is -3.58. The fourth-order valence-electron chi connectivity index (χ4n) is 2.02. The van der Waals surface area contributed by atoms with Gasteiger partial charge in [0.25, 0.3) is 0 Å². The second-order valence-electron chi connectivity index (χ2n) is 4.80. The molecule has 1 aromatic carbocycles. The Morgan fingerprint density at radius 2 is 2.05 bits per heavy atom. The molecule has 0 aliphatic carbocycles. The molecule has 8 heteroatoms. The number of hydrogen-bond donors (Lipinski definition) is 2. The van der Waals surface area contributed by atoms with Gasteiger partial charge in [0.2, 0.25) is 11.8 Å². The third kappa shape index (κ3) is 4.25. The third-order valence-electron chi connectivity index (χ3n) is 3.04. The second kappa shape index (κ2) is 6.21. The number of rotatable bonds is 4. The number of amides is 2. The van der Waals surface area contributed by atoms with Gasteiger partial charge in [-0.15, -0.1) is 0 Å². The fourth-order valence-corrected chi connectivity index (χ4v) is 3.37. The molecular weight excluding hydrogens is 299 g/mol. The zero-order chi connectivity index (χ0) is 15.5. The summed E-state index contributed by atoms with van der Waals surface area (Å²) in [5.74, 6) is -2.51. The molecule has 1 aromatic rings. The number of hydrogen-bond acceptors (Lipinski definition) is 4. The molecule has 1 saturated heterocycles. The van der Waals surface area contributed by atoms with Crippen LogP contribution in [-0.2, 0) is 19.4 Å². The molecule has 114 valence electrons. The van der Waals surface area contributed by atoms with Crippen molar-refractivity contribution >= 4 is 21.7 Å². The van der Waals surface area contributed by atoms with Gasteiger partial charge in [-0.25, -0.2) is 12.8 Å². The topological polar surface area (TPSA) is 92.3 Å². The van der Waals surface area contributed by atoms with E-state index in [1.54, 1.807) is 30.3 Å². The van der Waals surface area contributed by atoms with E-state index < -0.39 is 45.4 Å². The van der Waals surface area contributed by atoms with Crippen LogP contribution >= 0.6 is 0 Å². The summed E-state index contributed by atoms with van der Waals surface area (Å²) in [6, 6.07) is 7.11. The Balaban J connectivity index is 1.91. The standard InChI is InChI=1S/C13H15FN2O4S/c14-10(9-4-2-1-3-5-9)6-15-13(18)11-7-21(19,20)8-12(17)16-11/h1-5,10-11H,6-8H2,(H,15,18)(H,16,17)/t10?,11-/m0/s1. The Morgan fingerprint density at radius 1 is 1.38 bits per heavy atom. The first-order valence-corrected chi connectivity index (χ1v) is 8.16. The number of sulfone groups is 1. The van der Waals surface area contributed by atoms with Gasteiger partial charge < -0.3 is 10.6 Å². The van der Waals surface area contributed by atoms with Gasteiger partial charge in [-0.1, -0.05) is 30.3 Å². The van der Waals surface area contributed by atoms with Crippen LogP contribution < -0.4 is 10.6 Å². The molecule has 0 aromatic heterocycles. The van der Waals surface area contributed by atoms with E-state index in [1.807, 2.05) is 0 Å². The predicted octanol–water partition coefficient (Wildman–Crippen LogP) is -0.273. The minimum absolute atomic E-state index is 0.282. The van der Waals surface area contributed by atoms with Gasteiger partial charge in [-0.05, 0) is 5.56 Å². The van der Waals surface area contributed by atoms with Crippen LogP contribution in [0.4, 0.5) is 4.39 Å². The van der Waals surface area contributed by atoms with Crippen LogP contribution in [-0.4, -0.2) is 44.3 Å². The molecule has 2 amide bonds. The number of alkyl halides is 1. The number of halogens is 1. The Kier molecular flexibility index (Phi) is 4.56. The second-order valence-corrected chi connectivity index (χ2v) is 6.91. The zero-order valence-corrected chi connectivity index (χ0v) is 11.9. The Labute approximate surface area is 121 Å². The molecule has 0 spiro atoms. The highest BCUT2D eigenvalue weighted by Crippen LogP contribution is 2.15. The van der Waals surface area contributed by atoms with Crippen LogP contribution in [0.1, 0.15) is 11.7 Å². The van der Waals surface area contributed by atoms with Gasteiger partial charge in [-0.3, -0.25) is 9.59 Å². The molecule has 1 aliphatic rings. The summed E-state index contributed by atoms with van der Waals surface area (Å²) in [6.07, 6.45) is -1.40. The van der Waals surface area contributed by atoms with Crippen molar-refractivity contribution in [2.45, 2.75) is 12.2 Å². The monoisotopic (exact) mass is 314 g/mol. The van der Waals surface area contributed by atoms with Crippen molar-refractivity contribution in [3.05, 3.63) is 35.9 Å². The van der Waals surface area contributed by atoms with Crippen molar-refractivity contribution in [3.63, 3.8) is 0 Å². The Hall–Kier alpha value is -1.96. The van der Waals surface area contributed by atoms with E-state index in [4.69, 9.17) is 0 Å². The zero-order valence-electron chi connectivity index (χ0n) is 11.1. The van der Waals surface area contributed by atoms with Crippen molar-refractivity contribution in [2.75, 3.05) is 18.1 Å². The molecule has 6 nitrogen and oxygen atoms in total. The molecule has 21 heavy (non-hydrogen) atoms. The maximum atomic E-state index is 13.9. The molecule has 0 bridgehead atoms. The van der Waals surface area contributed by atoms with Crippen molar-refractivity contribution < 1.29 is 22.4 Å². The average Bonchev–Trinajstić information content (AvgIpc) is 2.43. The SMILES string of the molecule is O=C1CS(=O)(=O)C[C@@H](C(=O)NCC(F)c2ccccc2)N1. The fraction of sp³-hybridized carbons (Fsp3) is 0.385. The molecule has 1 aliphatic heterocycles. The molecule has 2 N–H and O–H groups in total. The smallest absolute Gasteiger partial charge is 0.243 e. The van der Waals surface area contributed by atoms with Crippen molar-refractivity contribution in [1.29, 1.82) is 0 Å². The van der Waals surface area contributed by atoms with Crippen LogP contribution in [0.25, 0.3) is 0 Å². The Bertz CT molecular complexity index is 633. The minimum Gasteiger partial charge on any atom is -0.351 e. The molecule has 1 unspecified atom stereocenters. The lowest BCUT2D eigenvalue weighted by molar-refractivity contribution is -0.127. The van der Waals surface area contributed by atoms with Crippen LogP contribution in [0.5, 0.6) is 0 Å². The lowest BCUT2D eigenvalue weighted by Crippen LogP contribution is -2.56. The maximum Gasteiger partial charge on any atom is 0.243 e. The van der Waals surface area contributed by atoms with Gasteiger partial charge in [0.15, 0.2) is 9.84 Å². The number of carbonyl (C=O) groups is 2. The number of nitrogens with one attached hydrogen (secondary N) is 2. The maximum absolute atomic E-state index is 13.9. The molecule has 1 fully saturated rings. The summed E-state index contributed by atoms with van der Waals surface area (Å²) in [6.45, 7) is -0.282. The normalized spacial score (nSPS) is 22.1. The van der Waals surface area contributed by atoms with Gasteiger partial charge in [0.1, 0.15) is 18.0 Å². The molecular formula is C13H15FN2O4S. The quantitative estimate of drug-likeness (QED) is 0.800. The largest absolute Gasteiger partial charge is 0.351 e. The van der Waals surface area contributed by atoms with Gasteiger partial charge in [-0.2, -0.15) is 0 Å². The summed E-state index contributed by atoms with van der Waals surface area (Å²) < 4.78 is 36.7. The van der Waals surface area contributed by atoms with Crippen LogP contribution in [0, 0.1) is 0 Å². The minimum atomic E-state index is -3.58. The van der Waals surface area contributed by atoms with Crippen molar-refractivity contribution in [2.24, 2.45) is 0 Å². The first kappa shape index (κ1) is 15.4. The molecule has 1 heterocycles. The molecule has 2 atom stereocenters. The van der Waals surface area contributed by atoms with Gasteiger partial charge >= 0.3 is 0 Å². The van der Waals surface area contributed by atoms with E-state index in [1.165, 1.54) is 0 Å². The van der Waals surface area contributed by atoms with E-state index in [-0.39, 0.29) is 6.54 Å². The molecule has 2 rings (SSSR count). The summed E-state index contributed by atoms with van der Waals surface area (Å²) >= 11 is 0. The van der Waals surface area contributed by atoms with E-state index in [2.05, 4.69) is 10.6 Å². The van der Waals surface area contributed by atoms with E-state index >= 15 is 0 Å². The van der Waals surface area contributed by atoms with E-state index in [0.29, 0.717) is 5.56 Å². The Morgan fingerprint density at radius 3 is 2.67 bits per heavy atom. The van der Waals surface area contributed by atoms with Crippen LogP contribution in [0.3, 0.4) is 0 Å². The first-order chi connectivity index (χ1) is 9.87. The molecule has 0 radical (unpaired) electrons. The average molecular weight is 314 g/mol. The number of carbonyl (C=O) groups excluding carboxylic acids is 2. The van der Waals surface area contributed by atoms with Crippen LogP contribution in [0.2, 0.25) is 0 Å². The van der Waals surface area contributed by atoms with E-state index in [0.717, 1.165) is 0 Å². The van der Waals surface area contributed by atoms with Crippen molar-refractivity contribution in [3.8, 4) is 0 Å². The summed E-state index contributed by atoms with van der Waals surface area (Å²) in [5, 5.41) is 4.60. The van der Waals surface area contributed by atoms with E-state index in [9.17, 15) is 22.4 Å². The lowest BCUT2D eigenvalue weighted by atomic mass is 10.1. The third-order valence-corrected chi connectivity index (χ3v) is 4.58. The summed E-state index contributed by atoms with van der Waals surface area (Å²) in [4.78, 5) is 23.0. The molecule has 0 saturated carbocycles. The number of benzene rings is 1. The van der Waals surface area contributed by atoms with Gasteiger partial charge in [0, 0.05) is 0 Å². The van der Waals surface area contributed by atoms with Gasteiger partial charge in [0.05, 0.1) is 12.3 Å². The predicted molar refractivity (Wildman–Crippen MR) is 73.9 cm³/mol.